The predicted octanol–water partition coefficient (Wildman–Crippen LogP) is 3.27. The van der Waals surface area contributed by atoms with Crippen LogP contribution in [0.3, 0.4) is 0 Å². The Morgan fingerprint density at radius 1 is 1.25 bits per heavy atom. The average Bonchev–Trinajstić information content (AvgIpc) is 2.67. The van der Waals surface area contributed by atoms with E-state index >= 15 is 0 Å². The highest BCUT2D eigenvalue weighted by Crippen LogP contribution is 2.38. The summed E-state index contributed by atoms with van der Waals surface area (Å²) in [5.74, 6) is -1.94. The van der Waals surface area contributed by atoms with E-state index in [-0.39, 0.29) is 35.4 Å². The van der Waals surface area contributed by atoms with Gasteiger partial charge in [0.2, 0.25) is 5.91 Å². The van der Waals surface area contributed by atoms with Crippen molar-refractivity contribution in [3.05, 3.63) is 35.4 Å². The van der Waals surface area contributed by atoms with Crippen LogP contribution in [0.1, 0.15) is 31.2 Å². The Morgan fingerprint density at radius 3 is 2.55 bits per heavy atom. The lowest BCUT2D eigenvalue weighted by Gasteiger charge is -2.37. The number of piperidine rings is 1. The van der Waals surface area contributed by atoms with Crippen LogP contribution in [-0.4, -0.2) is 28.3 Å². The first-order chi connectivity index (χ1) is 9.56. The van der Waals surface area contributed by atoms with Crippen LogP contribution in [0.2, 0.25) is 0 Å². The molecule has 1 amide bonds. The maximum absolute atomic E-state index is 13.6. The van der Waals surface area contributed by atoms with Gasteiger partial charge in [-0.05, 0) is 31.7 Å². The van der Waals surface area contributed by atoms with E-state index < -0.39 is 11.6 Å². The SMILES string of the molecule is O=C(Cc1cccc(F)c1F)N1C2CCC1CC(Cl)C2. The molecule has 1 aromatic rings. The summed E-state index contributed by atoms with van der Waals surface area (Å²) in [6, 6.07) is 4.29. The summed E-state index contributed by atoms with van der Waals surface area (Å²) >= 11 is 6.18. The Hall–Kier alpha value is -1.16. The zero-order valence-corrected chi connectivity index (χ0v) is 11.7. The molecule has 0 saturated carbocycles. The lowest BCUT2D eigenvalue weighted by atomic mass is 10.0. The highest BCUT2D eigenvalue weighted by molar-refractivity contribution is 6.20. The van der Waals surface area contributed by atoms with E-state index in [9.17, 15) is 13.6 Å². The first kappa shape index (κ1) is 13.8. The Morgan fingerprint density at radius 2 is 1.90 bits per heavy atom. The molecule has 2 fully saturated rings. The molecule has 0 radical (unpaired) electrons. The molecule has 2 aliphatic heterocycles. The molecular weight excluding hydrogens is 284 g/mol. The van der Waals surface area contributed by atoms with E-state index in [0.29, 0.717) is 0 Å². The van der Waals surface area contributed by atoms with Crippen LogP contribution >= 0.6 is 11.6 Å². The predicted molar refractivity (Wildman–Crippen MR) is 72.6 cm³/mol. The van der Waals surface area contributed by atoms with Gasteiger partial charge < -0.3 is 4.90 Å². The second kappa shape index (κ2) is 5.32. The zero-order chi connectivity index (χ0) is 14.3. The molecule has 0 aromatic heterocycles. The maximum Gasteiger partial charge on any atom is 0.227 e. The molecule has 2 nitrogen and oxygen atoms in total. The summed E-state index contributed by atoms with van der Waals surface area (Å²) in [6.45, 7) is 0. The van der Waals surface area contributed by atoms with E-state index in [2.05, 4.69) is 0 Å². The Kier molecular flexibility index (Phi) is 3.67. The molecular formula is C15H16ClF2NO. The monoisotopic (exact) mass is 299 g/mol. The maximum atomic E-state index is 13.6. The Balaban J connectivity index is 1.76. The third kappa shape index (κ3) is 2.41. The van der Waals surface area contributed by atoms with Gasteiger partial charge in [-0.2, -0.15) is 0 Å². The van der Waals surface area contributed by atoms with Gasteiger partial charge in [0.1, 0.15) is 0 Å². The highest BCUT2D eigenvalue weighted by atomic mass is 35.5. The number of carbonyl (C=O) groups excluding carboxylic acids is 1. The molecule has 0 N–H and O–H groups in total. The fraction of sp³-hybridized carbons (Fsp3) is 0.533. The van der Waals surface area contributed by atoms with E-state index in [4.69, 9.17) is 11.6 Å². The molecule has 2 bridgehead atoms. The van der Waals surface area contributed by atoms with Crippen molar-refractivity contribution in [2.24, 2.45) is 0 Å². The van der Waals surface area contributed by atoms with Crippen molar-refractivity contribution < 1.29 is 13.6 Å². The lowest BCUT2D eigenvalue weighted by molar-refractivity contribution is -0.134. The van der Waals surface area contributed by atoms with Gasteiger partial charge in [-0.25, -0.2) is 8.78 Å². The van der Waals surface area contributed by atoms with E-state index in [1.54, 1.807) is 0 Å². The number of nitrogens with zero attached hydrogens (tertiary/aromatic N) is 1. The van der Waals surface area contributed by atoms with E-state index in [1.807, 2.05) is 4.90 Å². The van der Waals surface area contributed by atoms with Crippen LogP contribution in [0.15, 0.2) is 18.2 Å². The van der Waals surface area contributed by atoms with Crippen molar-refractivity contribution in [1.82, 2.24) is 4.90 Å². The molecule has 108 valence electrons. The number of halogens is 3. The fourth-order valence-electron chi connectivity index (χ4n) is 3.46. The van der Waals surface area contributed by atoms with E-state index in [1.165, 1.54) is 12.1 Å². The molecule has 20 heavy (non-hydrogen) atoms. The van der Waals surface area contributed by atoms with Crippen LogP contribution in [0.25, 0.3) is 0 Å². The molecule has 2 unspecified atom stereocenters. The smallest absolute Gasteiger partial charge is 0.227 e. The number of carbonyl (C=O) groups is 1. The third-order valence-corrected chi connectivity index (χ3v) is 4.69. The van der Waals surface area contributed by atoms with Crippen LogP contribution < -0.4 is 0 Å². The zero-order valence-electron chi connectivity index (χ0n) is 11.0. The lowest BCUT2D eigenvalue weighted by Crippen LogP contribution is -2.47. The van der Waals surface area contributed by atoms with Gasteiger partial charge in [0.15, 0.2) is 11.6 Å². The molecule has 2 heterocycles. The third-order valence-electron chi connectivity index (χ3n) is 4.34. The van der Waals surface area contributed by atoms with Crippen molar-refractivity contribution in [3.8, 4) is 0 Å². The van der Waals surface area contributed by atoms with Crippen molar-refractivity contribution in [2.75, 3.05) is 0 Å². The van der Waals surface area contributed by atoms with Gasteiger partial charge in [0, 0.05) is 23.0 Å². The quantitative estimate of drug-likeness (QED) is 0.768. The number of fused-ring (bicyclic) bond motifs is 2. The van der Waals surface area contributed by atoms with Gasteiger partial charge in [-0.15, -0.1) is 11.6 Å². The minimum Gasteiger partial charge on any atom is -0.336 e. The van der Waals surface area contributed by atoms with Gasteiger partial charge in [-0.1, -0.05) is 12.1 Å². The van der Waals surface area contributed by atoms with Gasteiger partial charge >= 0.3 is 0 Å². The van der Waals surface area contributed by atoms with E-state index in [0.717, 1.165) is 31.7 Å². The summed E-state index contributed by atoms with van der Waals surface area (Å²) in [7, 11) is 0. The van der Waals surface area contributed by atoms with Crippen LogP contribution in [-0.2, 0) is 11.2 Å². The summed E-state index contributed by atoms with van der Waals surface area (Å²) in [5, 5.41) is 0.127. The first-order valence-corrected chi connectivity index (χ1v) is 7.38. The average molecular weight is 300 g/mol. The highest BCUT2D eigenvalue weighted by Gasteiger charge is 2.42. The summed E-state index contributed by atoms with van der Waals surface area (Å²) in [6.07, 6.45) is 3.45. The van der Waals surface area contributed by atoms with Crippen LogP contribution in [0.4, 0.5) is 8.78 Å². The van der Waals surface area contributed by atoms with Crippen LogP contribution in [0, 0.1) is 11.6 Å². The number of hydrogen-bond donors (Lipinski definition) is 0. The second-order valence-corrected chi connectivity index (χ2v) is 6.26. The molecule has 0 spiro atoms. The van der Waals surface area contributed by atoms with Gasteiger partial charge in [-0.3, -0.25) is 4.79 Å². The topological polar surface area (TPSA) is 20.3 Å². The largest absolute Gasteiger partial charge is 0.336 e. The normalized spacial score (nSPS) is 28.8. The molecule has 2 saturated heterocycles. The van der Waals surface area contributed by atoms with Crippen LogP contribution in [0.5, 0.6) is 0 Å². The standard InChI is InChI=1S/C15H16ClF2NO/c16-10-7-11-4-5-12(8-10)19(11)14(20)6-9-2-1-3-13(17)15(9)18/h1-3,10-12H,4-8H2. The molecule has 3 rings (SSSR count). The van der Waals surface area contributed by atoms with Crippen molar-refractivity contribution in [2.45, 2.75) is 49.6 Å². The molecule has 2 aliphatic rings. The van der Waals surface area contributed by atoms with Crippen molar-refractivity contribution in [1.29, 1.82) is 0 Å². The molecule has 1 aromatic carbocycles. The minimum atomic E-state index is -0.916. The van der Waals surface area contributed by atoms with Gasteiger partial charge in [0.25, 0.3) is 0 Å². The first-order valence-electron chi connectivity index (χ1n) is 6.94. The summed E-state index contributed by atoms with van der Waals surface area (Å²) in [4.78, 5) is 14.2. The summed E-state index contributed by atoms with van der Waals surface area (Å²) in [5.41, 5.74) is 0.127. The number of amides is 1. The molecule has 2 atom stereocenters. The number of alkyl halides is 1. The van der Waals surface area contributed by atoms with Crippen molar-refractivity contribution >= 4 is 17.5 Å². The number of benzene rings is 1. The Bertz CT molecular complexity index is 523. The fourth-order valence-corrected chi connectivity index (χ4v) is 3.87. The number of hydrogen-bond acceptors (Lipinski definition) is 1. The molecule has 0 aliphatic carbocycles. The van der Waals surface area contributed by atoms with Gasteiger partial charge in [0.05, 0.1) is 6.42 Å². The van der Waals surface area contributed by atoms with Crippen molar-refractivity contribution in [3.63, 3.8) is 0 Å². The summed E-state index contributed by atoms with van der Waals surface area (Å²) < 4.78 is 26.8. The second-order valence-electron chi connectivity index (χ2n) is 5.64. The Labute approximate surface area is 121 Å². The minimum absolute atomic E-state index is 0.0798. The number of rotatable bonds is 2. The molecule has 5 heteroatoms.